The lowest BCUT2D eigenvalue weighted by atomic mass is 10.1. The monoisotopic (exact) mass is 407 g/mol. The van der Waals surface area contributed by atoms with Crippen LogP contribution in [0.3, 0.4) is 0 Å². The van der Waals surface area contributed by atoms with Crippen LogP contribution in [0.1, 0.15) is 18.5 Å². The maximum atomic E-state index is 12.6. The van der Waals surface area contributed by atoms with E-state index >= 15 is 0 Å². The Morgan fingerprint density at radius 2 is 2.00 bits per heavy atom. The second-order valence-corrected chi connectivity index (χ2v) is 6.50. The summed E-state index contributed by atoms with van der Waals surface area (Å²) in [5.41, 5.74) is -0.346. The molecule has 2 aromatic heterocycles. The number of aromatic nitrogens is 4. The molecule has 0 saturated heterocycles. The summed E-state index contributed by atoms with van der Waals surface area (Å²) in [6, 6.07) is 5.34. The maximum absolute atomic E-state index is 12.6. The number of hydrogen-bond donors (Lipinski definition) is 1. The third-order valence-electron chi connectivity index (χ3n) is 4.46. The van der Waals surface area contributed by atoms with Gasteiger partial charge in [-0.1, -0.05) is 12.1 Å². The molecule has 1 atom stereocenters. The number of carbonyl (C=O) groups is 1. The molecule has 0 aliphatic rings. The number of amides is 1. The van der Waals surface area contributed by atoms with Gasteiger partial charge in [0.05, 0.1) is 12.4 Å². The van der Waals surface area contributed by atoms with Crippen LogP contribution in [-0.2, 0) is 25.4 Å². The molecule has 1 aromatic carbocycles. The van der Waals surface area contributed by atoms with Gasteiger partial charge in [0.25, 0.3) is 5.56 Å². The molecule has 1 amide bonds. The molecule has 1 unspecified atom stereocenters. The van der Waals surface area contributed by atoms with E-state index in [1.54, 1.807) is 20.0 Å². The summed E-state index contributed by atoms with van der Waals surface area (Å²) in [7, 11) is 3.07. The minimum Gasteiger partial charge on any atom is -0.435 e. The number of aryl methyl sites for hydroxylation is 2. The first-order valence-corrected chi connectivity index (χ1v) is 8.64. The molecule has 29 heavy (non-hydrogen) atoms. The van der Waals surface area contributed by atoms with E-state index in [0.29, 0.717) is 5.56 Å². The highest BCUT2D eigenvalue weighted by atomic mass is 19.3. The Morgan fingerprint density at radius 1 is 1.28 bits per heavy atom. The van der Waals surface area contributed by atoms with Gasteiger partial charge in [-0.3, -0.25) is 14.2 Å². The van der Waals surface area contributed by atoms with Crippen LogP contribution in [0.25, 0.3) is 11.2 Å². The summed E-state index contributed by atoms with van der Waals surface area (Å²) in [5, 5.41) is 2.64. The van der Waals surface area contributed by atoms with Gasteiger partial charge in [0.2, 0.25) is 5.91 Å². The Labute approximate surface area is 163 Å². The van der Waals surface area contributed by atoms with E-state index < -0.39 is 36.4 Å². The zero-order chi connectivity index (χ0) is 21.3. The fourth-order valence-electron chi connectivity index (χ4n) is 3.01. The summed E-state index contributed by atoms with van der Waals surface area (Å²) in [6.07, 6.45) is 1.41. The molecule has 1 N–H and O–H groups in total. The van der Waals surface area contributed by atoms with Crippen molar-refractivity contribution in [1.29, 1.82) is 0 Å². The van der Waals surface area contributed by atoms with E-state index in [1.807, 2.05) is 0 Å². The summed E-state index contributed by atoms with van der Waals surface area (Å²) >= 11 is 0. The van der Waals surface area contributed by atoms with Crippen molar-refractivity contribution in [3.8, 4) is 5.75 Å². The molecule has 0 saturated carbocycles. The standard InChI is InChI=1S/C18H19F2N5O4/c1-10(11-5-4-6-12(7-11)29-17(19)20)22-13(26)8-25-16(27)14-15(21-9-23(14)2)24(3)18(25)28/h4-7,9-10,17H,8H2,1-3H3,(H,22,26). The number of rotatable bonds is 6. The van der Waals surface area contributed by atoms with Crippen LogP contribution in [0.15, 0.2) is 40.2 Å². The number of nitrogens with zero attached hydrogens (tertiary/aromatic N) is 4. The first-order valence-electron chi connectivity index (χ1n) is 8.64. The molecular weight excluding hydrogens is 388 g/mol. The molecule has 3 aromatic rings. The smallest absolute Gasteiger partial charge is 0.387 e. The van der Waals surface area contributed by atoms with Crippen LogP contribution in [0.4, 0.5) is 8.78 Å². The van der Waals surface area contributed by atoms with Crippen molar-refractivity contribution in [1.82, 2.24) is 24.0 Å². The molecule has 0 fully saturated rings. The molecule has 154 valence electrons. The lowest BCUT2D eigenvalue weighted by Gasteiger charge is -2.16. The SMILES string of the molecule is CC(NC(=O)Cn1c(=O)c2c(ncn2C)n(C)c1=O)c1cccc(OC(F)F)c1. The number of ether oxygens (including phenoxy) is 1. The van der Waals surface area contributed by atoms with Crippen molar-refractivity contribution < 1.29 is 18.3 Å². The number of fused-ring (bicyclic) bond motifs is 1. The van der Waals surface area contributed by atoms with E-state index in [1.165, 1.54) is 40.7 Å². The molecule has 0 aliphatic heterocycles. The molecular formula is C18H19F2N5O4. The van der Waals surface area contributed by atoms with Gasteiger partial charge in [0.1, 0.15) is 12.3 Å². The number of alkyl halides is 2. The fraction of sp³-hybridized carbons (Fsp3) is 0.333. The second-order valence-electron chi connectivity index (χ2n) is 6.50. The van der Waals surface area contributed by atoms with Crippen LogP contribution < -0.4 is 21.3 Å². The third kappa shape index (κ3) is 4.03. The molecule has 11 heteroatoms. The predicted molar refractivity (Wildman–Crippen MR) is 99.8 cm³/mol. The van der Waals surface area contributed by atoms with Crippen LogP contribution >= 0.6 is 0 Å². The second kappa shape index (κ2) is 7.86. The van der Waals surface area contributed by atoms with Crippen LogP contribution in [-0.4, -0.2) is 31.2 Å². The van der Waals surface area contributed by atoms with Crippen molar-refractivity contribution in [3.63, 3.8) is 0 Å². The topological polar surface area (TPSA) is 100 Å². The molecule has 0 spiro atoms. The van der Waals surface area contributed by atoms with Crippen molar-refractivity contribution in [2.45, 2.75) is 26.1 Å². The van der Waals surface area contributed by atoms with E-state index in [0.717, 1.165) is 4.57 Å². The Kier molecular flexibility index (Phi) is 5.48. The van der Waals surface area contributed by atoms with Crippen molar-refractivity contribution in [2.24, 2.45) is 14.1 Å². The highest BCUT2D eigenvalue weighted by Crippen LogP contribution is 2.20. The zero-order valence-electron chi connectivity index (χ0n) is 15.9. The summed E-state index contributed by atoms with van der Waals surface area (Å²) < 4.78 is 32.6. The van der Waals surface area contributed by atoms with E-state index in [-0.39, 0.29) is 16.9 Å². The van der Waals surface area contributed by atoms with Crippen molar-refractivity contribution in [3.05, 3.63) is 57.0 Å². The number of imidazole rings is 1. The van der Waals surface area contributed by atoms with E-state index in [2.05, 4.69) is 15.0 Å². The first-order chi connectivity index (χ1) is 13.7. The molecule has 9 nitrogen and oxygen atoms in total. The Hall–Kier alpha value is -3.50. The summed E-state index contributed by atoms with van der Waals surface area (Å²) in [6.45, 7) is -1.81. The maximum Gasteiger partial charge on any atom is 0.387 e. The average Bonchev–Trinajstić information content (AvgIpc) is 3.05. The quantitative estimate of drug-likeness (QED) is 0.655. The van der Waals surface area contributed by atoms with Crippen LogP contribution in [0, 0.1) is 0 Å². The molecule has 2 heterocycles. The largest absolute Gasteiger partial charge is 0.435 e. The third-order valence-corrected chi connectivity index (χ3v) is 4.46. The van der Waals surface area contributed by atoms with Crippen LogP contribution in [0.2, 0.25) is 0 Å². The van der Waals surface area contributed by atoms with Gasteiger partial charge in [-0.25, -0.2) is 14.3 Å². The number of benzene rings is 1. The van der Waals surface area contributed by atoms with Gasteiger partial charge in [-0.15, -0.1) is 0 Å². The van der Waals surface area contributed by atoms with E-state index in [9.17, 15) is 23.2 Å². The zero-order valence-corrected chi connectivity index (χ0v) is 15.9. The Morgan fingerprint density at radius 3 is 2.69 bits per heavy atom. The molecule has 0 aliphatic carbocycles. The number of nitrogens with one attached hydrogen (secondary N) is 1. The molecule has 3 rings (SSSR count). The minimum absolute atomic E-state index is 0.0367. The first kappa shape index (κ1) is 20.2. The van der Waals surface area contributed by atoms with Crippen molar-refractivity contribution in [2.75, 3.05) is 0 Å². The van der Waals surface area contributed by atoms with Crippen molar-refractivity contribution >= 4 is 17.1 Å². The summed E-state index contributed by atoms with van der Waals surface area (Å²) in [4.78, 5) is 41.6. The average molecular weight is 407 g/mol. The lowest BCUT2D eigenvalue weighted by Crippen LogP contribution is -2.43. The fourth-order valence-corrected chi connectivity index (χ4v) is 3.01. The highest BCUT2D eigenvalue weighted by molar-refractivity contribution is 5.77. The lowest BCUT2D eigenvalue weighted by molar-refractivity contribution is -0.122. The van der Waals surface area contributed by atoms with Gasteiger partial charge >= 0.3 is 12.3 Å². The Balaban J connectivity index is 1.82. The summed E-state index contributed by atoms with van der Waals surface area (Å²) in [5.74, 6) is -0.622. The van der Waals surface area contributed by atoms with Gasteiger partial charge in [-0.2, -0.15) is 8.78 Å². The number of halogens is 2. The number of carbonyl (C=O) groups excluding carboxylic acids is 1. The Bertz CT molecular complexity index is 1180. The van der Waals surface area contributed by atoms with E-state index in [4.69, 9.17) is 0 Å². The number of hydrogen-bond acceptors (Lipinski definition) is 5. The predicted octanol–water partition coefficient (Wildman–Crippen LogP) is 0.912. The highest BCUT2D eigenvalue weighted by Gasteiger charge is 2.18. The molecule has 0 radical (unpaired) electrons. The normalized spacial score (nSPS) is 12.3. The van der Waals surface area contributed by atoms with Gasteiger partial charge in [0.15, 0.2) is 11.2 Å². The minimum atomic E-state index is -2.96. The van der Waals surface area contributed by atoms with Gasteiger partial charge in [-0.05, 0) is 24.6 Å². The molecule has 0 bridgehead atoms. The van der Waals surface area contributed by atoms with Crippen LogP contribution in [0.5, 0.6) is 5.75 Å². The van der Waals surface area contributed by atoms with Gasteiger partial charge < -0.3 is 14.6 Å². The van der Waals surface area contributed by atoms with Gasteiger partial charge in [0, 0.05) is 14.1 Å².